The van der Waals surface area contributed by atoms with E-state index in [9.17, 15) is 9.59 Å². The number of benzene rings is 1. The molecule has 1 aliphatic rings. The summed E-state index contributed by atoms with van der Waals surface area (Å²) in [5.41, 5.74) is 0.907. The average molecular weight is 322 g/mol. The van der Waals surface area contributed by atoms with Crippen LogP contribution in [-0.2, 0) is 35.1 Å². The van der Waals surface area contributed by atoms with E-state index in [1.807, 2.05) is 30.3 Å². The summed E-state index contributed by atoms with van der Waals surface area (Å²) in [7, 11) is 0. The molecule has 1 aromatic rings. The number of carbonyl (C=O) groups excluding carboxylic acids is 2. The molecule has 0 aliphatic carbocycles. The van der Waals surface area contributed by atoms with Crippen LogP contribution in [0.5, 0.6) is 0 Å². The molecule has 0 unspecified atom stereocenters. The highest BCUT2D eigenvalue weighted by Gasteiger charge is 2.33. The molecule has 0 radical (unpaired) electrons. The van der Waals surface area contributed by atoms with Crippen molar-refractivity contribution in [1.29, 1.82) is 0 Å². The minimum absolute atomic E-state index is 0.000810. The van der Waals surface area contributed by atoms with Crippen LogP contribution in [0.3, 0.4) is 0 Å². The summed E-state index contributed by atoms with van der Waals surface area (Å²) in [5.74, 6) is -1.51. The van der Waals surface area contributed by atoms with Crippen LogP contribution < -0.4 is 0 Å². The second-order valence-electron chi connectivity index (χ2n) is 5.78. The highest BCUT2D eigenvalue weighted by molar-refractivity contribution is 5.77. The van der Waals surface area contributed by atoms with E-state index in [-0.39, 0.29) is 32.2 Å². The predicted octanol–water partition coefficient (Wildman–Crippen LogP) is 2.20. The Morgan fingerprint density at radius 3 is 2.39 bits per heavy atom. The maximum Gasteiger partial charge on any atom is 0.306 e. The van der Waals surface area contributed by atoms with E-state index < -0.39 is 17.7 Å². The second-order valence-corrected chi connectivity index (χ2v) is 5.78. The normalized spacial score (nSPS) is 19.3. The van der Waals surface area contributed by atoms with E-state index in [1.165, 1.54) is 0 Å². The van der Waals surface area contributed by atoms with Crippen molar-refractivity contribution in [3.8, 4) is 0 Å². The fourth-order valence-corrected chi connectivity index (χ4v) is 2.12. The number of hydrogen-bond donors (Lipinski definition) is 0. The van der Waals surface area contributed by atoms with Crippen LogP contribution in [0, 0.1) is 0 Å². The molecule has 0 N–H and O–H groups in total. The lowest BCUT2D eigenvalue weighted by Crippen LogP contribution is -2.25. The third kappa shape index (κ3) is 6.38. The van der Waals surface area contributed by atoms with E-state index in [0.717, 1.165) is 5.56 Å². The summed E-state index contributed by atoms with van der Waals surface area (Å²) in [6.07, 6.45) is -0.275. The van der Waals surface area contributed by atoms with Gasteiger partial charge in [0.05, 0.1) is 19.4 Å². The molecular formula is C17H22O6. The molecule has 0 bridgehead atoms. The number of hydrogen-bond acceptors (Lipinski definition) is 6. The monoisotopic (exact) mass is 322 g/mol. The first-order valence-electron chi connectivity index (χ1n) is 7.61. The predicted molar refractivity (Wildman–Crippen MR) is 81.3 cm³/mol. The Bertz CT molecular complexity index is 525. The molecule has 6 nitrogen and oxygen atoms in total. The fourth-order valence-electron chi connectivity index (χ4n) is 2.12. The van der Waals surface area contributed by atoms with E-state index in [1.54, 1.807) is 13.8 Å². The smallest absolute Gasteiger partial charge is 0.306 e. The standard InChI is InChI=1S/C17H22O6/c1-17(2)22-12-14(23-17)11-21-16(19)9-8-15(18)20-10-13-6-4-3-5-7-13/h3-7,14H,8-12H2,1-2H3/t14-/m0/s1. The topological polar surface area (TPSA) is 71.1 Å². The maximum absolute atomic E-state index is 11.6. The molecule has 1 aliphatic heterocycles. The molecule has 0 saturated carbocycles. The van der Waals surface area contributed by atoms with Crippen molar-refractivity contribution >= 4 is 11.9 Å². The van der Waals surface area contributed by atoms with Crippen LogP contribution in [0.15, 0.2) is 30.3 Å². The Morgan fingerprint density at radius 2 is 1.78 bits per heavy atom. The van der Waals surface area contributed by atoms with Gasteiger partial charge in [0.15, 0.2) is 5.79 Å². The molecule has 23 heavy (non-hydrogen) atoms. The number of esters is 2. The van der Waals surface area contributed by atoms with Crippen molar-refractivity contribution in [1.82, 2.24) is 0 Å². The number of ether oxygens (including phenoxy) is 4. The molecular weight excluding hydrogens is 300 g/mol. The molecule has 0 amide bonds. The first-order chi connectivity index (χ1) is 10.9. The average Bonchev–Trinajstić information content (AvgIpc) is 2.89. The lowest BCUT2D eigenvalue weighted by Gasteiger charge is -2.16. The largest absolute Gasteiger partial charge is 0.463 e. The van der Waals surface area contributed by atoms with Gasteiger partial charge in [0, 0.05) is 0 Å². The SMILES string of the molecule is CC1(C)OC[C@H](COC(=O)CCC(=O)OCc2ccccc2)O1. The van der Waals surface area contributed by atoms with Gasteiger partial charge in [0.2, 0.25) is 0 Å². The third-order valence-corrected chi connectivity index (χ3v) is 3.27. The zero-order valence-electron chi connectivity index (χ0n) is 13.4. The molecule has 1 heterocycles. The van der Waals surface area contributed by atoms with Crippen LogP contribution in [-0.4, -0.2) is 37.0 Å². The molecule has 6 heteroatoms. The van der Waals surface area contributed by atoms with Crippen LogP contribution >= 0.6 is 0 Å². The Hall–Kier alpha value is -1.92. The van der Waals surface area contributed by atoms with Gasteiger partial charge in [0.1, 0.15) is 19.3 Å². The van der Waals surface area contributed by atoms with Crippen molar-refractivity contribution in [2.75, 3.05) is 13.2 Å². The number of carbonyl (C=O) groups is 2. The maximum atomic E-state index is 11.6. The quantitative estimate of drug-likeness (QED) is 0.717. The van der Waals surface area contributed by atoms with E-state index in [2.05, 4.69) is 0 Å². The van der Waals surface area contributed by atoms with Gasteiger partial charge < -0.3 is 18.9 Å². The van der Waals surface area contributed by atoms with E-state index in [0.29, 0.717) is 6.61 Å². The summed E-state index contributed by atoms with van der Waals surface area (Å²) < 4.78 is 21.1. The van der Waals surface area contributed by atoms with Crippen molar-refractivity contribution in [3.05, 3.63) is 35.9 Å². The van der Waals surface area contributed by atoms with E-state index in [4.69, 9.17) is 18.9 Å². The van der Waals surface area contributed by atoms with Crippen LogP contribution in [0.25, 0.3) is 0 Å². The molecule has 0 spiro atoms. The van der Waals surface area contributed by atoms with Gasteiger partial charge in [-0.15, -0.1) is 0 Å². The Balaban J connectivity index is 1.58. The zero-order valence-corrected chi connectivity index (χ0v) is 13.4. The molecule has 2 rings (SSSR count). The van der Waals surface area contributed by atoms with Gasteiger partial charge in [-0.05, 0) is 19.4 Å². The fraction of sp³-hybridized carbons (Fsp3) is 0.529. The van der Waals surface area contributed by atoms with E-state index >= 15 is 0 Å². The minimum Gasteiger partial charge on any atom is -0.463 e. The summed E-state index contributed by atoms with van der Waals surface area (Å²) in [5, 5.41) is 0. The summed E-state index contributed by atoms with van der Waals surface area (Å²) in [6, 6.07) is 9.37. The van der Waals surface area contributed by atoms with Gasteiger partial charge in [-0.25, -0.2) is 0 Å². The number of rotatable bonds is 7. The summed E-state index contributed by atoms with van der Waals surface area (Å²) in [4.78, 5) is 23.2. The molecule has 1 saturated heterocycles. The van der Waals surface area contributed by atoms with Gasteiger partial charge in [-0.2, -0.15) is 0 Å². The molecule has 1 fully saturated rings. The van der Waals surface area contributed by atoms with Gasteiger partial charge in [-0.1, -0.05) is 30.3 Å². The first kappa shape index (κ1) is 17.4. The summed E-state index contributed by atoms with van der Waals surface area (Å²) in [6.45, 7) is 4.33. The van der Waals surface area contributed by atoms with Gasteiger partial charge in [0.25, 0.3) is 0 Å². The van der Waals surface area contributed by atoms with Crippen LogP contribution in [0.4, 0.5) is 0 Å². The van der Waals surface area contributed by atoms with Crippen molar-refractivity contribution in [2.24, 2.45) is 0 Å². The van der Waals surface area contributed by atoms with Gasteiger partial charge in [-0.3, -0.25) is 9.59 Å². The molecule has 0 aromatic heterocycles. The van der Waals surface area contributed by atoms with Crippen molar-refractivity contribution in [2.45, 2.75) is 45.2 Å². The molecule has 1 atom stereocenters. The van der Waals surface area contributed by atoms with Crippen LogP contribution in [0.2, 0.25) is 0 Å². The Morgan fingerprint density at radius 1 is 1.13 bits per heavy atom. The first-order valence-corrected chi connectivity index (χ1v) is 7.61. The van der Waals surface area contributed by atoms with Crippen molar-refractivity contribution in [3.63, 3.8) is 0 Å². The van der Waals surface area contributed by atoms with Crippen LogP contribution in [0.1, 0.15) is 32.3 Å². The Labute approximate surface area is 135 Å². The lowest BCUT2D eigenvalue weighted by atomic mass is 10.2. The summed E-state index contributed by atoms with van der Waals surface area (Å²) >= 11 is 0. The highest BCUT2D eigenvalue weighted by Crippen LogP contribution is 2.22. The third-order valence-electron chi connectivity index (χ3n) is 3.27. The van der Waals surface area contributed by atoms with Gasteiger partial charge >= 0.3 is 11.9 Å². The molecule has 126 valence electrons. The second kappa shape index (κ2) is 8.08. The lowest BCUT2D eigenvalue weighted by molar-refractivity contribution is -0.159. The van der Waals surface area contributed by atoms with Crippen molar-refractivity contribution < 1.29 is 28.5 Å². The minimum atomic E-state index is -0.641. The Kier molecular flexibility index (Phi) is 6.12. The molecule has 1 aromatic carbocycles. The highest BCUT2D eigenvalue weighted by atomic mass is 16.7. The zero-order chi connectivity index (χ0) is 16.7.